The number of rotatable bonds is 4. The van der Waals surface area contributed by atoms with Crippen LogP contribution in [0.1, 0.15) is 46.0 Å². The Morgan fingerprint density at radius 2 is 1.74 bits per heavy atom. The Morgan fingerprint density at radius 3 is 2.16 bits per heavy atom. The lowest BCUT2D eigenvalue weighted by Gasteiger charge is -2.31. The van der Waals surface area contributed by atoms with Crippen LogP contribution in [0.2, 0.25) is 0 Å². The number of carbonyl (C=O) groups excluding carboxylic acids is 1. The van der Waals surface area contributed by atoms with Crippen LogP contribution in [0.25, 0.3) is 0 Å². The van der Waals surface area contributed by atoms with Gasteiger partial charge in [0.15, 0.2) is 0 Å². The molecule has 0 atom stereocenters. The number of alkyl halides is 3. The molecule has 0 bridgehead atoms. The smallest absolute Gasteiger partial charge is 0.337 e. The monoisotopic (exact) mass is 279 g/mol. The van der Waals surface area contributed by atoms with Crippen molar-refractivity contribution in [2.75, 3.05) is 13.6 Å². The van der Waals surface area contributed by atoms with E-state index in [4.69, 9.17) is 0 Å². The van der Waals surface area contributed by atoms with Crippen LogP contribution in [0.4, 0.5) is 13.2 Å². The van der Waals surface area contributed by atoms with E-state index < -0.39 is 12.7 Å². The van der Waals surface area contributed by atoms with Gasteiger partial charge in [-0.15, -0.1) is 0 Å². The summed E-state index contributed by atoms with van der Waals surface area (Å²) in [6, 6.07) is 0. The van der Waals surface area contributed by atoms with Gasteiger partial charge in [-0.25, -0.2) is 0 Å². The Hall–Kier alpha value is -0.740. The molecule has 0 radical (unpaired) electrons. The second-order valence-corrected chi connectivity index (χ2v) is 6.09. The molecular formula is C14H24F3NO. The summed E-state index contributed by atoms with van der Waals surface area (Å²) in [5, 5.41) is 0. The fourth-order valence-electron chi connectivity index (χ4n) is 2.82. The standard InChI is InChI=1S/C14H24F3NO/c1-10(2)12-6-4-11(5-7-12)8-13(19)18(3)9-14(15,16)17/h10-12H,4-9H2,1-3H3. The Bertz CT molecular complexity index is 294. The molecule has 0 aromatic rings. The third-order valence-corrected chi connectivity index (χ3v) is 4.14. The summed E-state index contributed by atoms with van der Waals surface area (Å²) in [5.74, 6) is 1.24. The number of halogens is 3. The molecule has 1 amide bonds. The first kappa shape index (κ1) is 16.3. The molecule has 0 aromatic carbocycles. The largest absolute Gasteiger partial charge is 0.406 e. The number of hydrogen-bond donors (Lipinski definition) is 0. The van der Waals surface area contributed by atoms with Gasteiger partial charge in [-0.1, -0.05) is 13.8 Å². The van der Waals surface area contributed by atoms with E-state index in [9.17, 15) is 18.0 Å². The minimum absolute atomic E-state index is 0.261. The van der Waals surface area contributed by atoms with E-state index in [1.807, 2.05) is 0 Å². The fraction of sp³-hybridized carbons (Fsp3) is 0.929. The molecule has 0 spiro atoms. The maximum absolute atomic E-state index is 12.2. The molecular weight excluding hydrogens is 255 g/mol. The minimum atomic E-state index is -4.31. The molecule has 0 aliphatic heterocycles. The van der Waals surface area contributed by atoms with Gasteiger partial charge >= 0.3 is 6.18 Å². The van der Waals surface area contributed by atoms with Crippen LogP contribution in [0.3, 0.4) is 0 Å². The van der Waals surface area contributed by atoms with Crippen molar-refractivity contribution < 1.29 is 18.0 Å². The first-order valence-electron chi connectivity index (χ1n) is 6.99. The maximum atomic E-state index is 12.2. The Balaban J connectivity index is 2.34. The van der Waals surface area contributed by atoms with Crippen molar-refractivity contribution in [3.63, 3.8) is 0 Å². The highest BCUT2D eigenvalue weighted by molar-refractivity contribution is 5.76. The van der Waals surface area contributed by atoms with Crippen molar-refractivity contribution >= 4 is 5.91 Å². The van der Waals surface area contributed by atoms with Crippen molar-refractivity contribution in [3.8, 4) is 0 Å². The lowest BCUT2D eigenvalue weighted by atomic mass is 9.76. The van der Waals surface area contributed by atoms with Gasteiger partial charge in [-0.05, 0) is 43.4 Å². The van der Waals surface area contributed by atoms with Crippen LogP contribution in [0.15, 0.2) is 0 Å². The van der Waals surface area contributed by atoms with Gasteiger partial charge in [0.2, 0.25) is 5.91 Å². The topological polar surface area (TPSA) is 20.3 Å². The van der Waals surface area contributed by atoms with E-state index in [0.29, 0.717) is 11.8 Å². The SMILES string of the molecule is CC(C)C1CCC(CC(=O)N(C)CC(F)(F)F)CC1. The summed E-state index contributed by atoms with van der Waals surface area (Å²) in [5.41, 5.74) is 0. The zero-order valence-corrected chi connectivity index (χ0v) is 12.0. The van der Waals surface area contributed by atoms with Crippen LogP contribution in [0, 0.1) is 17.8 Å². The predicted molar refractivity (Wildman–Crippen MR) is 68.6 cm³/mol. The molecule has 1 fully saturated rings. The fourth-order valence-corrected chi connectivity index (χ4v) is 2.82. The predicted octanol–water partition coefficient (Wildman–Crippen LogP) is 3.86. The minimum Gasteiger partial charge on any atom is -0.337 e. The molecule has 0 unspecified atom stereocenters. The van der Waals surface area contributed by atoms with Crippen molar-refractivity contribution in [2.45, 2.75) is 52.1 Å². The third-order valence-electron chi connectivity index (χ3n) is 4.14. The van der Waals surface area contributed by atoms with Crippen LogP contribution in [0.5, 0.6) is 0 Å². The van der Waals surface area contributed by atoms with Crippen molar-refractivity contribution in [3.05, 3.63) is 0 Å². The molecule has 1 aliphatic carbocycles. The molecule has 1 rings (SSSR count). The molecule has 2 nitrogen and oxygen atoms in total. The number of hydrogen-bond acceptors (Lipinski definition) is 1. The third kappa shape index (κ3) is 5.83. The highest BCUT2D eigenvalue weighted by Gasteiger charge is 2.32. The van der Waals surface area contributed by atoms with Crippen molar-refractivity contribution in [1.82, 2.24) is 4.90 Å². The first-order valence-corrected chi connectivity index (χ1v) is 6.99. The molecule has 0 N–H and O–H groups in total. The lowest BCUT2D eigenvalue weighted by Crippen LogP contribution is -2.37. The van der Waals surface area contributed by atoms with Gasteiger partial charge in [0.1, 0.15) is 6.54 Å². The highest BCUT2D eigenvalue weighted by Crippen LogP contribution is 2.35. The van der Waals surface area contributed by atoms with Crippen LogP contribution >= 0.6 is 0 Å². The number of amides is 1. The number of carbonyl (C=O) groups is 1. The molecule has 112 valence electrons. The zero-order valence-electron chi connectivity index (χ0n) is 12.0. The van der Waals surface area contributed by atoms with E-state index >= 15 is 0 Å². The normalized spacial score (nSPS) is 24.6. The van der Waals surface area contributed by atoms with Crippen molar-refractivity contribution in [1.29, 1.82) is 0 Å². The van der Waals surface area contributed by atoms with Crippen molar-refractivity contribution in [2.24, 2.45) is 17.8 Å². The molecule has 0 saturated heterocycles. The van der Waals surface area contributed by atoms with Crippen LogP contribution in [-0.2, 0) is 4.79 Å². The van der Waals surface area contributed by atoms with Crippen LogP contribution < -0.4 is 0 Å². The highest BCUT2D eigenvalue weighted by atomic mass is 19.4. The second-order valence-electron chi connectivity index (χ2n) is 6.09. The first-order chi connectivity index (χ1) is 8.69. The summed E-state index contributed by atoms with van der Waals surface area (Å²) >= 11 is 0. The van der Waals surface area contributed by atoms with E-state index in [-0.39, 0.29) is 18.2 Å². The molecule has 1 aliphatic rings. The quantitative estimate of drug-likeness (QED) is 0.765. The van der Waals surface area contributed by atoms with Gasteiger partial charge in [0.25, 0.3) is 0 Å². The van der Waals surface area contributed by atoms with Gasteiger partial charge in [0.05, 0.1) is 0 Å². The average Bonchev–Trinajstić information content (AvgIpc) is 2.27. The summed E-state index contributed by atoms with van der Waals surface area (Å²) in [4.78, 5) is 12.5. The summed E-state index contributed by atoms with van der Waals surface area (Å²) in [6.45, 7) is 3.26. The van der Waals surface area contributed by atoms with Gasteiger partial charge in [-0.3, -0.25) is 4.79 Å². The van der Waals surface area contributed by atoms with E-state index in [0.717, 1.165) is 30.6 Å². The zero-order chi connectivity index (χ0) is 14.6. The van der Waals surface area contributed by atoms with Gasteiger partial charge in [-0.2, -0.15) is 13.2 Å². The number of nitrogens with zero attached hydrogens (tertiary/aromatic N) is 1. The van der Waals surface area contributed by atoms with Gasteiger partial charge in [0, 0.05) is 13.5 Å². The molecule has 1 saturated carbocycles. The van der Waals surface area contributed by atoms with Gasteiger partial charge < -0.3 is 4.90 Å². The Morgan fingerprint density at radius 1 is 1.21 bits per heavy atom. The van der Waals surface area contributed by atoms with Crippen LogP contribution in [-0.4, -0.2) is 30.6 Å². The molecule has 0 heterocycles. The van der Waals surface area contributed by atoms with E-state index in [1.54, 1.807) is 0 Å². The summed E-state index contributed by atoms with van der Waals surface area (Å²) in [6.07, 6.45) is 0.0805. The lowest BCUT2D eigenvalue weighted by molar-refractivity contribution is -0.159. The summed E-state index contributed by atoms with van der Waals surface area (Å²) in [7, 11) is 1.23. The Labute approximate surface area is 113 Å². The summed E-state index contributed by atoms with van der Waals surface area (Å²) < 4.78 is 36.6. The van der Waals surface area contributed by atoms with E-state index in [1.165, 1.54) is 7.05 Å². The Kier molecular flexibility index (Phi) is 5.68. The molecule has 5 heteroatoms. The molecule has 19 heavy (non-hydrogen) atoms. The molecule has 0 aromatic heterocycles. The second kappa shape index (κ2) is 6.62. The average molecular weight is 279 g/mol. The maximum Gasteiger partial charge on any atom is 0.406 e. The van der Waals surface area contributed by atoms with E-state index in [2.05, 4.69) is 13.8 Å².